The number of ether oxygens (including phenoxy) is 1. The van der Waals surface area contributed by atoms with Gasteiger partial charge in [0.2, 0.25) is 0 Å². The molecular formula is C18H20ClN3O4S. The van der Waals surface area contributed by atoms with Crippen molar-refractivity contribution in [2.45, 2.75) is 12.5 Å². The van der Waals surface area contributed by atoms with E-state index in [1.807, 2.05) is 24.3 Å². The average Bonchev–Trinajstić information content (AvgIpc) is 3.01. The standard InChI is InChI=1S/C18H20ClN3O4S/c19-15-8-11(17(27-15)18(20)25)7-14(23)9-21-12-1-3-13(4-2-12)22-5-6-26-10-16(22)24/h1-4,8,14,21,23H,5-7,9-10H2,(H2,20,25). The van der Waals surface area contributed by atoms with Crippen molar-refractivity contribution in [3.63, 3.8) is 0 Å². The van der Waals surface area contributed by atoms with Gasteiger partial charge in [0.1, 0.15) is 6.61 Å². The molecule has 9 heteroatoms. The number of nitrogens with two attached hydrogens (primary N) is 1. The van der Waals surface area contributed by atoms with Gasteiger partial charge in [0, 0.05) is 30.9 Å². The lowest BCUT2D eigenvalue weighted by atomic mass is 10.1. The Morgan fingerprint density at radius 2 is 2.15 bits per heavy atom. The molecule has 0 bridgehead atoms. The molecule has 0 aliphatic carbocycles. The minimum absolute atomic E-state index is 0.0583. The fraction of sp³-hybridized carbons (Fsp3) is 0.333. The summed E-state index contributed by atoms with van der Waals surface area (Å²) >= 11 is 7.05. The highest BCUT2D eigenvalue weighted by molar-refractivity contribution is 7.18. The van der Waals surface area contributed by atoms with Gasteiger partial charge in [-0.25, -0.2) is 0 Å². The van der Waals surface area contributed by atoms with E-state index in [1.165, 1.54) is 0 Å². The number of morpholine rings is 1. The van der Waals surface area contributed by atoms with Crippen LogP contribution in [0.15, 0.2) is 30.3 Å². The minimum atomic E-state index is -0.714. The number of amides is 2. The van der Waals surface area contributed by atoms with Crippen LogP contribution in [0.5, 0.6) is 0 Å². The molecule has 1 fully saturated rings. The highest BCUT2D eigenvalue weighted by atomic mass is 35.5. The van der Waals surface area contributed by atoms with E-state index in [4.69, 9.17) is 22.1 Å². The van der Waals surface area contributed by atoms with E-state index in [2.05, 4.69) is 5.32 Å². The summed E-state index contributed by atoms with van der Waals surface area (Å²) in [5, 5.41) is 13.4. The largest absolute Gasteiger partial charge is 0.391 e. The number of halogens is 1. The van der Waals surface area contributed by atoms with Gasteiger partial charge < -0.3 is 25.8 Å². The lowest BCUT2D eigenvalue weighted by molar-refractivity contribution is -0.125. The van der Waals surface area contributed by atoms with Crippen molar-refractivity contribution in [2.24, 2.45) is 5.73 Å². The summed E-state index contributed by atoms with van der Waals surface area (Å²) in [7, 11) is 0. The summed E-state index contributed by atoms with van der Waals surface area (Å²) < 4.78 is 5.59. The third-order valence-electron chi connectivity index (χ3n) is 4.16. The second kappa shape index (κ2) is 8.71. The highest BCUT2D eigenvalue weighted by Gasteiger charge is 2.20. The summed E-state index contributed by atoms with van der Waals surface area (Å²) in [5.41, 5.74) is 7.61. The Bertz CT molecular complexity index is 825. The van der Waals surface area contributed by atoms with Gasteiger partial charge in [0.05, 0.1) is 21.9 Å². The number of primary amides is 1. The number of hydrogen-bond donors (Lipinski definition) is 3. The Balaban J connectivity index is 1.55. The van der Waals surface area contributed by atoms with Gasteiger partial charge in [-0.05, 0) is 35.9 Å². The van der Waals surface area contributed by atoms with Gasteiger partial charge in [-0.1, -0.05) is 11.6 Å². The predicted molar refractivity (Wildman–Crippen MR) is 106 cm³/mol. The molecule has 1 aromatic carbocycles. The van der Waals surface area contributed by atoms with Crippen LogP contribution in [0.25, 0.3) is 0 Å². The van der Waals surface area contributed by atoms with Gasteiger partial charge >= 0.3 is 0 Å². The highest BCUT2D eigenvalue weighted by Crippen LogP contribution is 2.27. The third-order valence-corrected chi connectivity index (χ3v) is 5.49. The zero-order chi connectivity index (χ0) is 19.4. The van der Waals surface area contributed by atoms with Gasteiger partial charge in [0.15, 0.2) is 0 Å². The summed E-state index contributed by atoms with van der Waals surface area (Å²) in [6.45, 7) is 1.46. The van der Waals surface area contributed by atoms with E-state index in [0.717, 1.165) is 22.7 Å². The van der Waals surface area contributed by atoms with Crippen molar-refractivity contribution in [2.75, 3.05) is 36.5 Å². The molecule has 4 N–H and O–H groups in total. The number of carbonyl (C=O) groups excluding carboxylic acids is 2. The van der Waals surface area contributed by atoms with Crippen molar-refractivity contribution >= 4 is 46.1 Å². The van der Waals surface area contributed by atoms with Crippen molar-refractivity contribution in [1.82, 2.24) is 0 Å². The molecule has 144 valence electrons. The number of nitrogens with one attached hydrogen (secondary N) is 1. The Hall–Kier alpha value is -2.13. The molecule has 0 spiro atoms. The molecule has 2 aromatic rings. The number of aliphatic hydroxyl groups excluding tert-OH is 1. The van der Waals surface area contributed by atoms with Crippen LogP contribution in [0.1, 0.15) is 15.2 Å². The van der Waals surface area contributed by atoms with Crippen molar-refractivity contribution < 1.29 is 19.4 Å². The van der Waals surface area contributed by atoms with Crippen molar-refractivity contribution in [3.05, 3.63) is 45.1 Å². The SMILES string of the molecule is NC(=O)c1sc(Cl)cc1CC(O)CNc1ccc(N2CCOCC2=O)cc1. The number of carbonyl (C=O) groups is 2. The Kier molecular flexibility index (Phi) is 6.33. The normalized spacial score (nSPS) is 15.6. The van der Waals surface area contributed by atoms with E-state index in [1.54, 1.807) is 11.0 Å². The molecule has 1 aliphatic rings. The molecule has 1 aliphatic heterocycles. The first-order valence-corrected chi connectivity index (χ1v) is 9.61. The number of benzene rings is 1. The lowest BCUT2D eigenvalue weighted by Gasteiger charge is -2.27. The number of rotatable bonds is 7. The molecule has 1 unspecified atom stereocenters. The fourth-order valence-corrected chi connectivity index (χ4v) is 4.00. The van der Waals surface area contributed by atoms with E-state index >= 15 is 0 Å². The number of anilines is 2. The first kappa shape index (κ1) is 19.6. The van der Waals surface area contributed by atoms with Crippen molar-refractivity contribution in [1.29, 1.82) is 0 Å². The fourth-order valence-electron chi connectivity index (χ4n) is 2.87. The Labute approximate surface area is 165 Å². The maximum absolute atomic E-state index is 11.9. The minimum Gasteiger partial charge on any atom is -0.391 e. The van der Waals surface area contributed by atoms with Crippen LogP contribution in [0, 0.1) is 0 Å². The van der Waals surface area contributed by atoms with Crippen molar-refractivity contribution in [3.8, 4) is 0 Å². The van der Waals surface area contributed by atoms with E-state index in [0.29, 0.717) is 34.5 Å². The first-order chi connectivity index (χ1) is 12.9. The summed E-state index contributed by atoms with van der Waals surface area (Å²) in [5.74, 6) is -0.604. The third kappa shape index (κ3) is 4.98. The molecule has 27 heavy (non-hydrogen) atoms. The molecule has 2 heterocycles. The van der Waals surface area contributed by atoms with E-state index in [9.17, 15) is 14.7 Å². The monoisotopic (exact) mass is 409 g/mol. The molecule has 0 saturated carbocycles. The van der Waals surface area contributed by atoms with Crippen LogP contribution < -0.4 is 16.0 Å². The molecule has 1 aromatic heterocycles. The predicted octanol–water partition coefficient (Wildman–Crippen LogP) is 1.88. The Morgan fingerprint density at radius 1 is 1.41 bits per heavy atom. The topological polar surface area (TPSA) is 105 Å². The molecular weight excluding hydrogens is 390 g/mol. The number of nitrogens with zero attached hydrogens (tertiary/aromatic N) is 1. The smallest absolute Gasteiger partial charge is 0.259 e. The van der Waals surface area contributed by atoms with Gasteiger partial charge in [-0.2, -0.15) is 0 Å². The second-order valence-corrected chi connectivity index (χ2v) is 7.84. The number of hydrogen-bond acceptors (Lipinski definition) is 6. The first-order valence-electron chi connectivity index (χ1n) is 8.42. The zero-order valence-electron chi connectivity index (χ0n) is 14.5. The molecule has 1 saturated heterocycles. The molecule has 1 atom stereocenters. The second-order valence-electron chi connectivity index (χ2n) is 6.15. The summed E-state index contributed by atoms with van der Waals surface area (Å²) in [6, 6.07) is 9.05. The average molecular weight is 410 g/mol. The molecule has 3 rings (SSSR count). The lowest BCUT2D eigenvalue weighted by Crippen LogP contribution is -2.41. The quantitative estimate of drug-likeness (QED) is 0.647. The van der Waals surface area contributed by atoms with E-state index < -0.39 is 12.0 Å². The van der Waals surface area contributed by atoms with Gasteiger partial charge in [-0.3, -0.25) is 9.59 Å². The Morgan fingerprint density at radius 3 is 2.81 bits per heavy atom. The number of thiophene rings is 1. The van der Waals surface area contributed by atoms with Crippen LogP contribution >= 0.6 is 22.9 Å². The van der Waals surface area contributed by atoms with Gasteiger partial charge in [-0.15, -0.1) is 11.3 Å². The van der Waals surface area contributed by atoms with E-state index in [-0.39, 0.29) is 18.9 Å². The van der Waals surface area contributed by atoms with Crippen LogP contribution in [0.3, 0.4) is 0 Å². The summed E-state index contributed by atoms with van der Waals surface area (Å²) in [6.07, 6.45) is -0.441. The molecule has 0 radical (unpaired) electrons. The summed E-state index contributed by atoms with van der Waals surface area (Å²) in [4.78, 5) is 25.3. The van der Waals surface area contributed by atoms with Crippen LogP contribution in [0.4, 0.5) is 11.4 Å². The van der Waals surface area contributed by atoms with Crippen LogP contribution in [0.2, 0.25) is 4.34 Å². The maximum atomic E-state index is 11.9. The van der Waals surface area contributed by atoms with Crippen LogP contribution in [-0.2, 0) is 16.0 Å². The van der Waals surface area contributed by atoms with Crippen LogP contribution in [-0.4, -0.2) is 49.3 Å². The molecule has 7 nitrogen and oxygen atoms in total. The molecule has 2 amide bonds. The zero-order valence-corrected chi connectivity index (χ0v) is 16.1. The maximum Gasteiger partial charge on any atom is 0.259 e. The number of aliphatic hydroxyl groups is 1. The van der Waals surface area contributed by atoms with Gasteiger partial charge in [0.25, 0.3) is 11.8 Å².